The average molecular weight is 401 g/mol. The molecule has 0 spiro atoms. The summed E-state index contributed by atoms with van der Waals surface area (Å²) in [5.41, 5.74) is 7.01. The molecule has 3 rings (SSSR count). The molecule has 2 heterocycles. The van der Waals surface area contributed by atoms with Gasteiger partial charge in [0.25, 0.3) is 5.91 Å². The predicted octanol–water partition coefficient (Wildman–Crippen LogP) is 2.41. The zero-order valence-electron chi connectivity index (χ0n) is 16.5. The highest BCUT2D eigenvalue weighted by Gasteiger charge is 2.32. The van der Waals surface area contributed by atoms with Crippen molar-refractivity contribution in [3.05, 3.63) is 27.7 Å². The average Bonchev–Trinajstić information content (AvgIpc) is 3.13. The number of hydrogen-bond donors (Lipinski definition) is 2. The number of thiophene rings is 1. The van der Waals surface area contributed by atoms with Gasteiger partial charge in [0.15, 0.2) is 0 Å². The first-order valence-corrected chi connectivity index (χ1v) is 9.97. The van der Waals surface area contributed by atoms with Gasteiger partial charge in [0.2, 0.25) is 11.7 Å². The summed E-state index contributed by atoms with van der Waals surface area (Å²) < 4.78 is 1.32. The van der Waals surface area contributed by atoms with Gasteiger partial charge in [-0.25, -0.2) is 9.67 Å². The number of nitrogens with one attached hydrogen (secondary N) is 1. The summed E-state index contributed by atoms with van der Waals surface area (Å²) in [6.07, 6.45) is 2.83. The molecule has 0 bridgehead atoms. The standard InChI is InChI=1S/C19H24N6O2S/c1-10-22-17(16(21)27)24-25(10)9-15(26)23-18-13(8-20)12-6-5-11(19(2,3)4)7-14(12)28-18/h11H,5-7,9H2,1-4H3,(H2,21,27)(H,23,26). The van der Waals surface area contributed by atoms with Gasteiger partial charge in [0, 0.05) is 4.88 Å². The molecule has 0 radical (unpaired) electrons. The van der Waals surface area contributed by atoms with E-state index in [0.29, 0.717) is 22.3 Å². The van der Waals surface area contributed by atoms with Crippen LogP contribution in [0.15, 0.2) is 0 Å². The van der Waals surface area contributed by atoms with Crippen LogP contribution in [0, 0.1) is 29.6 Å². The number of rotatable bonds is 4. The van der Waals surface area contributed by atoms with E-state index in [4.69, 9.17) is 5.73 Å². The van der Waals surface area contributed by atoms with Crippen LogP contribution in [0.1, 0.15) is 59.6 Å². The molecule has 2 aromatic heterocycles. The number of hydrogen-bond acceptors (Lipinski definition) is 6. The molecule has 28 heavy (non-hydrogen) atoms. The fraction of sp³-hybridized carbons (Fsp3) is 0.526. The molecule has 0 aliphatic heterocycles. The molecule has 3 N–H and O–H groups in total. The molecule has 0 saturated carbocycles. The lowest BCUT2D eigenvalue weighted by Gasteiger charge is -2.33. The lowest BCUT2D eigenvalue weighted by molar-refractivity contribution is -0.116. The van der Waals surface area contributed by atoms with E-state index < -0.39 is 5.91 Å². The van der Waals surface area contributed by atoms with Crippen LogP contribution in [-0.4, -0.2) is 26.6 Å². The minimum atomic E-state index is -0.742. The lowest BCUT2D eigenvalue weighted by atomic mass is 9.72. The quantitative estimate of drug-likeness (QED) is 0.815. The van der Waals surface area contributed by atoms with E-state index >= 15 is 0 Å². The molecule has 1 aliphatic carbocycles. The van der Waals surface area contributed by atoms with Crippen molar-refractivity contribution in [2.45, 2.75) is 53.5 Å². The number of nitriles is 1. The molecule has 0 saturated heterocycles. The van der Waals surface area contributed by atoms with E-state index in [9.17, 15) is 14.9 Å². The molecule has 8 nitrogen and oxygen atoms in total. The molecule has 0 aromatic carbocycles. The summed E-state index contributed by atoms with van der Waals surface area (Å²) in [6.45, 7) is 8.26. The maximum absolute atomic E-state index is 12.5. The third kappa shape index (κ3) is 3.92. The number of aryl methyl sites for hydroxylation is 1. The maximum atomic E-state index is 12.5. The predicted molar refractivity (Wildman–Crippen MR) is 106 cm³/mol. The Morgan fingerprint density at radius 2 is 2.14 bits per heavy atom. The van der Waals surface area contributed by atoms with Gasteiger partial charge in [-0.3, -0.25) is 9.59 Å². The number of nitrogens with zero attached hydrogens (tertiary/aromatic N) is 4. The van der Waals surface area contributed by atoms with Crippen molar-refractivity contribution < 1.29 is 9.59 Å². The van der Waals surface area contributed by atoms with E-state index in [1.807, 2.05) is 0 Å². The molecular weight excluding hydrogens is 376 g/mol. The topological polar surface area (TPSA) is 127 Å². The van der Waals surface area contributed by atoms with Crippen molar-refractivity contribution in [1.29, 1.82) is 5.26 Å². The van der Waals surface area contributed by atoms with Crippen molar-refractivity contribution in [3.63, 3.8) is 0 Å². The minimum Gasteiger partial charge on any atom is -0.363 e. The first kappa shape index (κ1) is 20.0. The van der Waals surface area contributed by atoms with Crippen LogP contribution in [0.5, 0.6) is 0 Å². The number of primary amides is 1. The van der Waals surface area contributed by atoms with E-state index in [0.717, 1.165) is 24.8 Å². The van der Waals surface area contributed by atoms with Crippen molar-refractivity contribution in [3.8, 4) is 6.07 Å². The summed E-state index contributed by atoms with van der Waals surface area (Å²) in [5, 5.41) is 17.0. The van der Waals surface area contributed by atoms with Gasteiger partial charge in [-0.2, -0.15) is 5.26 Å². The largest absolute Gasteiger partial charge is 0.363 e. The van der Waals surface area contributed by atoms with Crippen molar-refractivity contribution in [2.24, 2.45) is 17.1 Å². The molecule has 0 fully saturated rings. The van der Waals surface area contributed by atoms with Crippen molar-refractivity contribution >= 4 is 28.2 Å². The summed E-state index contributed by atoms with van der Waals surface area (Å²) in [5.74, 6) is -0.218. The summed E-state index contributed by atoms with van der Waals surface area (Å²) >= 11 is 1.49. The normalized spacial score (nSPS) is 16.3. The third-order valence-corrected chi connectivity index (χ3v) is 6.40. The van der Waals surface area contributed by atoms with Gasteiger partial charge < -0.3 is 11.1 Å². The van der Waals surface area contributed by atoms with E-state index in [1.54, 1.807) is 6.92 Å². The van der Waals surface area contributed by atoms with E-state index in [2.05, 4.69) is 42.2 Å². The van der Waals surface area contributed by atoms with Gasteiger partial charge in [0.1, 0.15) is 23.4 Å². The summed E-state index contributed by atoms with van der Waals surface area (Å²) in [4.78, 5) is 28.8. The fourth-order valence-electron chi connectivity index (χ4n) is 3.51. The number of anilines is 1. The summed E-state index contributed by atoms with van der Waals surface area (Å²) in [6, 6.07) is 2.26. The minimum absolute atomic E-state index is 0.107. The number of fused-ring (bicyclic) bond motifs is 1. The first-order valence-electron chi connectivity index (χ1n) is 9.16. The Balaban J connectivity index is 1.78. The molecule has 9 heteroatoms. The number of carbonyl (C=O) groups excluding carboxylic acids is 2. The highest BCUT2D eigenvalue weighted by molar-refractivity contribution is 7.16. The monoisotopic (exact) mass is 400 g/mol. The number of carbonyl (C=O) groups is 2. The third-order valence-electron chi connectivity index (χ3n) is 5.23. The highest BCUT2D eigenvalue weighted by Crippen LogP contribution is 2.43. The number of aromatic nitrogens is 3. The van der Waals surface area contributed by atoms with Crippen LogP contribution in [0.3, 0.4) is 0 Å². The molecule has 2 amide bonds. The number of nitrogens with two attached hydrogens (primary N) is 1. The highest BCUT2D eigenvalue weighted by atomic mass is 32.1. The van der Waals surface area contributed by atoms with Crippen LogP contribution < -0.4 is 11.1 Å². The van der Waals surface area contributed by atoms with Crippen molar-refractivity contribution in [1.82, 2.24) is 14.8 Å². The molecule has 1 atom stereocenters. The SMILES string of the molecule is Cc1nc(C(N)=O)nn1CC(=O)Nc1sc2c(c1C#N)CCC(C(C)(C)C)C2. The van der Waals surface area contributed by atoms with Crippen LogP contribution in [-0.2, 0) is 24.2 Å². The van der Waals surface area contributed by atoms with Gasteiger partial charge in [-0.15, -0.1) is 16.4 Å². The maximum Gasteiger partial charge on any atom is 0.288 e. The molecule has 1 aliphatic rings. The number of amides is 2. The molecule has 148 valence electrons. The van der Waals surface area contributed by atoms with Crippen LogP contribution in [0.25, 0.3) is 0 Å². The fourth-order valence-corrected chi connectivity index (χ4v) is 4.80. The van der Waals surface area contributed by atoms with Gasteiger partial charge in [0.05, 0.1) is 5.56 Å². The molecular formula is C19H24N6O2S. The first-order chi connectivity index (χ1) is 13.1. The van der Waals surface area contributed by atoms with Gasteiger partial charge in [-0.1, -0.05) is 20.8 Å². The Hall–Kier alpha value is -2.73. The van der Waals surface area contributed by atoms with Crippen LogP contribution in [0.2, 0.25) is 0 Å². The van der Waals surface area contributed by atoms with Crippen LogP contribution >= 0.6 is 11.3 Å². The Morgan fingerprint density at radius 1 is 1.43 bits per heavy atom. The molecule has 2 aromatic rings. The zero-order valence-corrected chi connectivity index (χ0v) is 17.3. The van der Waals surface area contributed by atoms with E-state index in [-0.39, 0.29) is 23.7 Å². The Kier molecular flexibility index (Phi) is 5.26. The van der Waals surface area contributed by atoms with Crippen molar-refractivity contribution in [2.75, 3.05) is 5.32 Å². The summed E-state index contributed by atoms with van der Waals surface area (Å²) in [7, 11) is 0. The lowest BCUT2D eigenvalue weighted by Crippen LogP contribution is -2.26. The van der Waals surface area contributed by atoms with E-state index in [1.165, 1.54) is 20.9 Å². The molecule has 1 unspecified atom stereocenters. The second-order valence-electron chi connectivity index (χ2n) is 8.18. The second kappa shape index (κ2) is 7.36. The smallest absolute Gasteiger partial charge is 0.288 e. The Labute approximate surface area is 167 Å². The zero-order chi connectivity index (χ0) is 20.6. The Bertz CT molecular complexity index is 976. The van der Waals surface area contributed by atoms with Gasteiger partial charge >= 0.3 is 0 Å². The Morgan fingerprint density at radius 3 is 2.71 bits per heavy atom. The van der Waals surface area contributed by atoms with Gasteiger partial charge in [-0.05, 0) is 43.1 Å². The second-order valence-corrected chi connectivity index (χ2v) is 9.28. The van der Waals surface area contributed by atoms with Crippen LogP contribution in [0.4, 0.5) is 5.00 Å².